The van der Waals surface area contributed by atoms with Gasteiger partial charge >= 0.3 is 0 Å². The van der Waals surface area contributed by atoms with E-state index in [9.17, 15) is 14.7 Å². The van der Waals surface area contributed by atoms with E-state index in [0.29, 0.717) is 42.0 Å². The van der Waals surface area contributed by atoms with Crippen LogP contribution in [0.2, 0.25) is 0 Å². The van der Waals surface area contributed by atoms with Crippen molar-refractivity contribution in [2.24, 2.45) is 0 Å². The van der Waals surface area contributed by atoms with E-state index in [2.05, 4.69) is 4.90 Å². The molecule has 2 heterocycles. The number of halogens is 1. The van der Waals surface area contributed by atoms with Gasteiger partial charge in [-0.2, -0.15) is 0 Å². The molecule has 28 heavy (non-hydrogen) atoms. The lowest BCUT2D eigenvalue weighted by atomic mass is 9.82. The number of furan rings is 1. The molecule has 0 atom stereocenters. The van der Waals surface area contributed by atoms with Gasteiger partial charge in [0.05, 0.1) is 18.7 Å². The standard InChI is InChI=1S/C22H19NO4.ClH/c1-12-3-2-4-14-13(12)5-6-16-18(14)20(25)21(26)19-15-7-8-23(9-10-24)11-17(15)27-22(16)19;/h2-6,24H,7-11H2,1H3;1H. The van der Waals surface area contributed by atoms with Gasteiger partial charge in [0.2, 0.25) is 11.6 Å². The Morgan fingerprint density at radius 1 is 1.07 bits per heavy atom. The Bertz CT molecular complexity index is 1130. The first kappa shape index (κ1) is 18.9. The summed E-state index contributed by atoms with van der Waals surface area (Å²) < 4.78 is 6.13. The van der Waals surface area contributed by atoms with Crippen LogP contribution in [-0.4, -0.2) is 41.3 Å². The minimum absolute atomic E-state index is 0. The predicted octanol–water partition coefficient (Wildman–Crippen LogP) is 3.56. The molecule has 0 spiro atoms. The number of hydrogen-bond donors (Lipinski definition) is 1. The highest BCUT2D eigenvalue weighted by Gasteiger charge is 2.39. The van der Waals surface area contributed by atoms with Crippen LogP contribution in [0.4, 0.5) is 0 Å². The summed E-state index contributed by atoms with van der Waals surface area (Å²) in [5.74, 6) is 0.342. The largest absolute Gasteiger partial charge is 0.459 e. The van der Waals surface area contributed by atoms with Crippen molar-refractivity contribution in [1.82, 2.24) is 4.90 Å². The normalized spacial score (nSPS) is 15.8. The molecule has 3 aromatic rings. The maximum absolute atomic E-state index is 13.0. The third kappa shape index (κ3) is 2.54. The number of aliphatic hydroxyl groups excluding tert-OH is 1. The van der Waals surface area contributed by atoms with Crippen LogP contribution in [0.15, 0.2) is 34.7 Å². The van der Waals surface area contributed by atoms with Gasteiger partial charge in [-0.1, -0.05) is 24.3 Å². The Morgan fingerprint density at radius 3 is 2.64 bits per heavy atom. The molecule has 1 N–H and O–H groups in total. The van der Waals surface area contributed by atoms with E-state index in [1.54, 1.807) is 0 Å². The Hall–Kier alpha value is -2.47. The van der Waals surface area contributed by atoms with Crippen LogP contribution in [0.1, 0.15) is 37.6 Å². The smallest absolute Gasteiger partial charge is 0.237 e. The molecule has 0 radical (unpaired) electrons. The molecule has 1 aromatic heterocycles. The second kappa shape index (κ2) is 6.85. The molecule has 1 aliphatic heterocycles. The molecule has 2 aromatic carbocycles. The summed E-state index contributed by atoms with van der Waals surface area (Å²) in [6.07, 6.45) is 0.648. The molecule has 5 nitrogen and oxygen atoms in total. The zero-order valence-electron chi connectivity index (χ0n) is 15.4. The molecular weight excluding hydrogens is 378 g/mol. The highest BCUT2D eigenvalue weighted by atomic mass is 35.5. The number of hydrogen-bond acceptors (Lipinski definition) is 5. The number of aliphatic hydroxyl groups is 1. The number of ketones is 2. The number of Topliss-reactive ketones (excluding diaryl/α,β-unsaturated/α-hetero) is 2. The number of benzene rings is 2. The molecule has 0 amide bonds. The van der Waals surface area contributed by atoms with Gasteiger partial charge in [0.1, 0.15) is 11.5 Å². The highest BCUT2D eigenvalue weighted by Crippen LogP contribution is 2.43. The van der Waals surface area contributed by atoms with Gasteiger partial charge in [-0.05, 0) is 35.7 Å². The lowest BCUT2D eigenvalue weighted by Crippen LogP contribution is -2.33. The van der Waals surface area contributed by atoms with Crippen molar-refractivity contribution in [3.05, 3.63) is 58.3 Å². The van der Waals surface area contributed by atoms with Gasteiger partial charge in [0, 0.05) is 29.8 Å². The molecule has 5 rings (SSSR count). The van der Waals surface area contributed by atoms with Crippen LogP contribution < -0.4 is 0 Å². The van der Waals surface area contributed by atoms with Crippen molar-refractivity contribution < 1.29 is 19.1 Å². The van der Waals surface area contributed by atoms with Crippen molar-refractivity contribution in [2.75, 3.05) is 19.7 Å². The van der Waals surface area contributed by atoms with Crippen molar-refractivity contribution in [3.8, 4) is 11.3 Å². The molecule has 0 fully saturated rings. The molecule has 6 heteroatoms. The van der Waals surface area contributed by atoms with E-state index in [1.807, 2.05) is 37.3 Å². The average Bonchev–Trinajstić information content (AvgIpc) is 3.05. The summed E-state index contributed by atoms with van der Waals surface area (Å²) in [6, 6.07) is 9.69. The SMILES string of the molecule is Cc1cccc2c3c(ccc12)-c1oc2c(c1C(=O)C3=O)CCN(CCO)C2.Cl. The van der Waals surface area contributed by atoms with Crippen LogP contribution in [0.25, 0.3) is 22.1 Å². The molecule has 0 saturated carbocycles. The second-order valence-electron chi connectivity index (χ2n) is 7.27. The minimum Gasteiger partial charge on any atom is -0.459 e. The number of nitrogens with zero attached hydrogens (tertiary/aromatic N) is 1. The van der Waals surface area contributed by atoms with Crippen molar-refractivity contribution in [1.29, 1.82) is 0 Å². The Labute approximate surface area is 168 Å². The first-order valence-electron chi connectivity index (χ1n) is 9.19. The number of β-amino-alcohol motifs (C(OH)–C–C–N with tert-alkyl or cyclic N) is 1. The lowest BCUT2D eigenvalue weighted by Gasteiger charge is -2.25. The van der Waals surface area contributed by atoms with E-state index in [-0.39, 0.29) is 19.0 Å². The Morgan fingerprint density at radius 2 is 1.86 bits per heavy atom. The maximum atomic E-state index is 13.0. The first-order chi connectivity index (χ1) is 13.1. The van der Waals surface area contributed by atoms with Crippen LogP contribution in [0, 0.1) is 6.92 Å². The monoisotopic (exact) mass is 397 g/mol. The van der Waals surface area contributed by atoms with Crippen molar-refractivity contribution >= 4 is 34.7 Å². The van der Waals surface area contributed by atoms with E-state index in [1.165, 1.54) is 0 Å². The highest BCUT2D eigenvalue weighted by molar-refractivity contribution is 6.54. The van der Waals surface area contributed by atoms with Gasteiger partial charge < -0.3 is 9.52 Å². The van der Waals surface area contributed by atoms with E-state index in [4.69, 9.17) is 4.42 Å². The Balaban J connectivity index is 0.00000192. The summed E-state index contributed by atoms with van der Waals surface area (Å²) in [5.41, 5.74) is 3.52. The number of fused-ring (bicyclic) bond motifs is 7. The summed E-state index contributed by atoms with van der Waals surface area (Å²) in [5, 5.41) is 11.0. The lowest BCUT2D eigenvalue weighted by molar-refractivity contribution is 0.0815. The zero-order chi connectivity index (χ0) is 18.7. The van der Waals surface area contributed by atoms with Crippen LogP contribution in [-0.2, 0) is 13.0 Å². The first-order valence-corrected chi connectivity index (χ1v) is 9.19. The fraction of sp³-hybridized carbons (Fsp3) is 0.273. The predicted molar refractivity (Wildman–Crippen MR) is 108 cm³/mol. The van der Waals surface area contributed by atoms with Gasteiger partial charge in [-0.3, -0.25) is 14.5 Å². The summed E-state index contributed by atoms with van der Waals surface area (Å²) in [4.78, 5) is 28.1. The quantitative estimate of drug-likeness (QED) is 0.669. The maximum Gasteiger partial charge on any atom is 0.237 e. The number of aryl methyl sites for hydroxylation is 1. The molecule has 1 aliphatic carbocycles. The number of carbonyl (C=O) groups excluding carboxylic acids is 2. The summed E-state index contributed by atoms with van der Waals surface area (Å²) in [6.45, 7) is 3.94. The molecule has 2 aliphatic rings. The van der Waals surface area contributed by atoms with Crippen LogP contribution in [0.3, 0.4) is 0 Å². The zero-order valence-corrected chi connectivity index (χ0v) is 16.3. The Kier molecular flexibility index (Phi) is 4.62. The summed E-state index contributed by atoms with van der Waals surface area (Å²) in [7, 11) is 0. The van der Waals surface area contributed by atoms with Crippen molar-refractivity contribution in [3.63, 3.8) is 0 Å². The van der Waals surface area contributed by atoms with E-state index >= 15 is 0 Å². The molecule has 0 bridgehead atoms. The van der Waals surface area contributed by atoms with Gasteiger partial charge in [-0.15, -0.1) is 12.4 Å². The van der Waals surface area contributed by atoms with E-state index < -0.39 is 11.6 Å². The fourth-order valence-electron chi connectivity index (χ4n) is 4.39. The van der Waals surface area contributed by atoms with Gasteiger partial charge in [0.15, 0.2) is 0 Å². The van der Waals surface area contributed by atoms with Crippen molar-refractivity contribution in [2.45, 2.75) is 19.9 Å². The fourth-order valence-corrected chi connectivity index (χ4v) is 4.39. The topological polar surface area (TPSA) is 70.8 Å². The molecule has 0 saturated heterocycles. The number of carbonyl (C=O) groups is 2. The van der Waals surface area contributed by atoms with Gasteiger partial charge in [0.25, 0.3) is 0 Å². The average molecular weight is 398 g/mol. The third-order valence-corrected chi connectivity index (χ3v) is 5.74. The number of rotatable bonds is 2. The summed E-state index contributed by atoms with van der Waals surface area (Å²) >= 11 is 0. The second-order valence-corrected chi connectivity index (χ2v) is 7.27. The molecular formula is C22H20ClNO4. The van der Waals surface area contributed by atoms with Gasteiger partial charge in [-0.25, -0.2) is 0 Å². The molecule has 0 unspecified atom stereocenters. The third-order valence-electron chi connectivity index (χ3n) is 5.74. The van der Waals surface area contributed by atoms with Crippen LogP contribution in [0.5, 0.6) is 0 Å². The molecule has 144 valence electrons. The minimum atomic E-state index is -0.466. The van der Waals surface area contributed by atoms with E-state index in [0.717, 1.165) is 34.2 Å². The van der Waals surface area contributed by atoms with Crippen LogP contribution >= 0.6 is 12.4 Å².